The van der Waals surface area contributed by atoms with E-state index in [4.69, 9.17) is 14.9 Å². The lowest BCUT2D eigenvalue weighted by molar-refractivity contribution is -0.136. The van der Waals surface area contributed by atoms with E-state index in [1.165, 1.54) is 12.1 Å². The van der Waals surface area contributed by atoms with E-state index in [1.54, 1.807) is 0 Å². The van der Waals surface area contributed by atoms with Gasteiger partial charge in [0.1, 0.15) is 17.4 Å². The number of rotatable bonds is 12. The molecule has 0 saturated heterocycles. The second-order valence-corrected chi connectivity index (χ2v) is 10.6. The van der Waals surface area contributed by atoms with Crippen LogP contribution in [0, 0.1) is 11.6 Å². The summed E-state index contributed by atoms with van der Waals surface area (Å²) in [5, 5.41) is 16.9. The molecule has 0 aliphatic heterocycles. The largest absolute Gasteiger partial charge is 0.491 e. The van der Waals surface area contributed by atoms with Gasteiger partial charge < -0.3 is 15.2 Å². The summed E-state index contributed by atoms with van der Waals surface area (Å²) in [6, 6.07) is 30.5. The molecule has 0 radical (unpaired) electrons. The molecule has 0 unspecified atom stereocenters. The third-order valence-electron chi connectivity index (χ3n) is 6.96. The maximum atomic E-state index is 14.5. The SMILES string of the molecule is CC(C)Oc1cc(CNc2cc(F)c(CCC(=O)O)c(F)c2)ccc1Cn1nc(-c2ccccc2)cc1-c1ccccc1. The van der Waals surface area contributed by atoms with Crippen molar-refractivity contribution < 1.29 is 23.4 Å². The van der Waals surface area contributed by atoms with Gasteiger partial charge in [-0.25, -0.2) is 8.78 Å². The van der Waals surface area contributed by atoms with E-state index in [9.17, 15) is 13.6 Å². The molecule has 0 spiro atoms. The molecule has 6 nitrogen and oxygen atoms in total. The number of hydrogen-bond acceptors (Lipinski definition) is 4. The average Bonchev–Trinajstić information content (AvgIpc) is 3.41. The van der Waals surface area contributed by atoms with Crippen LogP contribution in [0.2, 0.25) is 0 Å². The standard InChI is InChI=1S/C35H33F2N3O3/c1-23(2)43-34-17-24(21-38-28-18-30(36)29(31(37)19-28)15-16-35(41)42)13-14-27(34)22-40-33(26-11-7-4-8-12-26)20-32(39-40)25-9-5-3-6-10-25/h3-14,17-20,23,38H,15-16,21-22H2,1-2H3,(H,41,42). The number of nitrogens with one attached hydrogen (secondary N) is 1. The van der Waals surface area contributed by atoms with Gasteiger partial charge in [-0.3, -0.25) is 9.48 Å². The van der Waals surface area contributed by atoms with Gasteiger partial charge in [0, 0.05) is 35.3 Å². The topological polar surface area (TPSA) is 76.4 Å². The maximum absolute atomic E-state index is 14.5. The van der Waals surface area contributed by atoms with Crippen LogP contribution in [0.5, 0.6) is 5.75 Å². The molecule has 0 amide bonds. The highest BCUT2D eigenvalue weighted by Crippen LogP contribution is 2.30. The first-order valence-corrected chi connectivity index (χ1v) is 14.2. The van der Waals surface area contributed by atoms with E-state index >= 15 is 0 Å². The van der Waals surface area contributed by atoms with Crippen LogP contribution in [0.4, 0.5) is 14.5 Å². The van der Waals surface area contributed by atoms with Crippen molar-refractivity contribution in [2.45, 2.75) is 45.9 Å². The lowest BCUT2D eigenvalue weighted by Gasteiger charge is -2.17. The van der Waals surface area contributed by atoms with Gasteiger partial charge in [0.25, 0.3) is 0 Å². The Balaban J connectivity index is 1.40. The Labute approximate surface area is 249 Å². The molecule has 8 heteroatoms. The third kappa shape index (κ3) is 7.46. The Hall–Kier alpha value is -4.98. The molecule has 1 heterocycles. The third-order valence-corrected chi connectivity index (χ3v) is 6.96. The maximum Gasteiger partial charge on any atom is 0.303 e. The molecule has 4 aromatic carbocycles. The van der Waals surface area contributed by atoms with Crippen LogP contribution in [0.25, 0.3) is 22.5 Å². The Morgan fingerprint density at radius 1 is 0.907 bits per heavy atom. The predicted octanol–water partition coefficient (Wildman–Crippen LogP) is 7.96. The van der Waals surface area contributed by atoms with E-state index in [-0.39, 0.29) is 30.2 Å². The number of ether oxygens (including phenoxy) is 1. The summed E-state index contributed by atoms with van der Waals surface area (Å²) in [6.07, 6.45) is -0.626. The van der Waals surface area contributed by atoms with Gasteiger partial charge in [-0.05, 0) is 55.7 Å². The van der Waals surface area contributed by atoms with Crippen LogP contribution in [0.3, 0.4) is 0 Å². The molecule has 0 aliphatic rings. The van der Waals surface area contributed by atoms with E-state index in [0.29, 0.717) is 18.8 Å². The van der Waals surface area contributed by atoms with Crippen LogP contribution in [-0.2, 0) is 24.3 Å². The first kappa shape index (κ1) is 29.5. The van der Waals surface area contributed by atoms with Gasteiger partial charge in [0.2, 0.25) is 0 Å². The van der Waals surface area contributed by atoms with Gasteiger partial charge >= 0.3 is 5.97 Å². The van der Waals surface area contributed by atoms with Crippen molar-refractivity contribution in [1.29, 1.82) is 0 Å². The number of carboxylic acids is 1. The predicted molar refractivity (Wildman–Crippen MR) is 164 cm³/mol. The number of hydrogen-bond donors (Lipinski definition) is 2. The lowest BCUT2D eigenvalue weighted by Crippen LogP contribution is -2.11. The zero-order chi connectivity index (χ0) is 30.3. The number of anilines is 1. The van der Waals surface area contributed by atoms with E-state index in [2.05, 4.69) is 23.5 Å². The smallest absolute Gasteiger partial charge is 0.303 e. The normalized spacial score (nSPS) is 11.1. The second-order valence-electron chi connectivity index (χ2n) is 10.6. The first-order valence-electron chi connectivity index (χ1n) is 14.2. The molecule has 0 aliphatic carbocycles. The molecule has 1 aromatic heterocycles. The fourth-order valence-corrected chi connectivity index (χ4v) is 4.87. The Bertz CT molecular complexity index is 1680. The molecule has 5 rings (SSSR count). The van der Waals surface area contributed by atoms with Gasteiger partial charge in [0.05, 0.1) is 24.0 Å². The van der Waals surface area contributed by atoms with Crippen molar-refractivity contribution in [2.24, 2.45) is 0 Å². The van der Waals surface area contributed by atoms with Crippen molar-refractivity contribution >= 4 is 11.7 Å². The highest BCUT2D eigenvalue weighted by Gasteiger charge is 2.16. The Kier molecular flexibility index (Phi) is 9.15. The van der Waals surface area contributed by atoms with E-state index < -0.39 is 17.6 Å². The number of carboxylic acid groups (broad SMARTS) is 1. The number of nitrogens with zero attached hydrogens (tertiary/aromatic N) is 2. The molecule has 43 heavy (non-hydrogen) atoms. The first-order chi connectivity index (χ1) is 20.8. The van der Waals surface area contributed by atoms with Crippen LogP contribution in [-0.4, -0.2) is 27.0 Å². The summed E-state index contributed by atoms with van der Waals surface area (Å²) < 4.78 is 37.2. The highest BCUT2D eigenvalue weighted by atomic mass is 19.1. The van der Waals surface area contributed by atoms with Crippen LogP contribution < -0.4 is 10.1 Å². The highest BCUT2D eigenvalue weighted by molar-refractivity contribution is 5.69. The molecule has 0 atom stereocenters. The fraction of sp³-hybridized carbons (Fsp3) is 0.200. The second kappa shape index (κ2) is 13.3. The van der Waals surface area contributed by atoms with Gasteiger partial charge in [-0.15, -0.1) is 0 Å². The number of aliphatic carboxylic acids is 1. The zero-order valence-electron chi connectivity index (χ0n) is 24.1. The van der Waals surface area contributed by atoms with Crippen molar-refractivity contribution in [3.8, 4) is 28.3 Å². The number of benzene rings is 4. The van der Waals surface area contributed by atoms with Crippen LogP contribution in [0.1, 0.15) is 37.0 Å². The van der Waals surface area contributed by atoms with Gasteiger partial charge in [-0.2, -0.15) is 5.10 Å². The summed E-state index contributed by atoms with van der Waals surface area (Å²) >= 11 is 0. The molecule has 0 fully saturated rings. The van der Waals surface area contributed by atoms with Crippen LogP contribution >= 0.6 is 0 Å². The minimum absolute atomic E-state index is 0.0745. The summed E-state index contributed by atoms with van der Waals surface area (Å²) in [5.41, 5.74) is 5.78. The average molecular weight is 582 g/mol. The summed E-state index contributed by atoms with van der Waals surface area (Å²) in [7, 11) is 0. The minimum atomic E-state index is -1.11. The van der Waals surface area contributed by atoms with E-state index in [0.717, 1.165) is 33.6 Å². The van der Waals surface area contributed by atoms with Gasteiger partial charge in [-0.1, -0.05) is 72.8 Å². The minimum Gasteiger partial charge on any atom is -0.491 e. The van der Waals surface area contributed by atoms with Crippen molar-refractivity contribution in [3.05, 3.63) is 125 Å². The lowest BCUT2D eigenvalue weighted by atomic mass is 10.1. The number of aromatic nitrogens is 2. The van der Waals surface area contributed by atoms with Crippen molar-refractivity contribution in [2.75, 3.05) is 5.32 Å². The molecule has 0 saturated carbocycles. The molecule has 220 valence electrons. The molecule has 5 aromatic rings. The monoisotopic (exact) mass is 581 g/mol. The van der Waals surface area contributed by atoms with Gasteiger partial charge in [0.15, 0.2) is 0 Å². The molecule has 0 bridgehead atoms. The number of carbonyl (C=O) groups is 1. The quantitative estimate of drug-likeness (QED) is 0.156. The van der Waals surface area contributed by atoms with E-state index in [1.807, 2.05) is 85.3 Å². The van der Waals surface area contributed by atoms with Crippen LogP contribution in [0.15, 0.2) is 97.1 Å². The molecule has 2 N–H and O–H groups in total. The molecular formula is C35H33F2N3O3. The summed E-state index contributed by atoms with van der Waals surface area (Å²) in [5.74, 6) is -1.95. The fourth-order valence-electron chi connectivity index (χ4n) is 4.87. The molecular weight excluding hydrogens is 548 g/mol. The Morgan fingerprint density at radius 3 is 2.19 bits per heavy atom. The Morgan fingerprint density at radius 2 is 1.56 bits per heavy atom. The summed E-state index contributed by atoms with van der Waals surface area (Å²) in [4.78, 5) is 10.8. The van der Waals surface area contributed by atoms with Crippen molar-refractivity contribution in [1.82, 2.24) is 9.78 Å². The zero-order valence-corrected chi connectivity index (χ0v) is 24.1. The summed E-state index contributed by atoms with van der Waals surface area (Å²) in [6.45, 7) is 4.70. The number of halogens is 2. The van der Waals surface area contributed by atoms with Crippen molar-refractivity contribution in [3.63, 3.8) is 0 Å².